The van der Waals surface area contributed by atoms with Crippen LogP contribution in [0.2, 0.25) is 0 Å². The number of carboxylic acids is 1. The molecule has 0 aromatic carbocycles. The highest BCUT2D eigenvalue weighted by molar-refractivity contribution is 5.83. The largest absolute Gasteiger partial charge is 0.480 e. The third-order valence-electron chi connectivity index (χ3n) is 4.26. The van der Waals surface area contributed by atoms with Crippen LogP contribution in [0.25, 0.3) is 0 Å². The van der Waals surface area contributed by atoms with E-state index in [4.69, 9.17) is 5.11 Å². The maximum absolute atomic E-state index is 11.9. The first-order chi connectivity index (χ1) is 9.08. The summed E-state index contributed by atoms with van der Waals surface area (Å²) < 4.78 is 0. The Labute approximate surface area is 114 Å². The summed E-state index contributed by atoms with van der Waals surface area (Å²) in [5.74, 6) is -0.623. The minimum atomic E-state index is -0.930. The first kappa shape index (κ1) is 14.3. The Kier molecular flexibility index (Phi) is 4.80. The Hall–Kier alpha value is -1.10. The maximum atomic E-state index is 11.9. The fourth-order valence-corrected chi connectivity index (χ4v) is 3.40. The summed E-state index contributed by atoms with van der Waals surface area (Å²) in [7, 11) is 0. The van der Waals surface area contributed by atoms with E-state index in [2.05, 4.69) is 10.6 Å². The summed E-state index contributed by atoms with van der Waals surface area (Å²) in [5.41, 5.74) is 0. The van der Waals surface area contributed by atoms with Gasteiger partial charge >= 0.3 is 5.97 Å². The van der Waals surface area contributed by atoms with Crippen molar-refractivity contribution in [1.82, 2.24) is 10.6 Å². The van der Waals surface area contributed by atoms with Gasteiger partial charge in [-0.2, -0.15) is 0 Å². The number of nitrogens with one attached hydrogen (secondary N) is 2. The molecule has 5 heteroatoms. The molecular formula is C14H24N2O3. The number of fused-ring (bicyclic) bond motifs is 2. The van der Waals surface area contributed by atoms with Gasteiger partial charge in [0, 0.05) is 18.5 Å². The molecule has 0 radical (unpaired) electrons. The predicted molar refractivity (Wildman–Crippen MR) is 71.8 cm³/mol. The topological polar surface area (TPSA) is 78.4 Å². The molecule has 0 saturated carbocycles. The van der Waals surface area contributed by atoms with E-state index in [9.17, 15) is 9.59 Å². The molecule has 2 aliphatic rings. The third kappa shape index (κ3) is 3.93. The van der Waals surface area contributed by atoms with Crippen LogP contribution in [-0.2, 0) is 9.59 Å². The predicted octanol–water partition coefficient (Wildman–Crippen LogP) is 1.28. The number of carbonyl (C=O) groups excluding carboxylic acids is 1. The molecule has 19 heavy (non-hydrogen) atoms. The van der Waals surface area contributed by atoms with E-state index in [0.717, 1.165) is 19.3 Å². The zero-order valence-electron chi connectivity index (χ0n) is 11.5. The van der Waals surface area contributed by atoms with E-state index in [-0.39, 0.29) is 5.91 Å². The van der Waals surface area contributed by atoms with E-state index in [1.54, 1.807) is 0 Å². The molecule has 2 aliphatic heterocycles. The molecule has 2 saturated heterocycles. The Bertz CT molecular complexity index is 334. The molecule has 2 rings (SSSR count). The summed E-state index contributed by atoms with van der Waals surface area (Å²) in [4.78, 5) is 22.9. The second kappa shape index (κ2) is 6.37. The van der Waals surface area contributed by atoms with Gasteiger partial charge in [-0.25, -0.2) is 4.79 Å². The molecule has 108 valence electrons. The second-order valence-corrected chi connectivity index (χ2v) is 5.93. The zero-order valence-corrected chi connectivity index (χ0v) is 11.5. The van der Waals surface area contributed by atoms with Gasteiger partial charge in [-0.15, -0.1) is 0 Å². The molecule has 3 N–H and O–H groups in total. The number of carboxylic acid groups (broad SMARTS) is 1. The van der Waals surface area contributed by atoms with E-state index < -0.39 is 12.0 Å². The van der Waals surface area contributed by atoms with Gasteiger partial charge < -0.3 is 15.7 Å². The highest BCUT2D eigenvalue weighted by Gasteiger charge is 2.34. The van der Waals surface area contributed by atoms with Crippen molar-refractivity contribution in [2.75, 3.05) is 0 Å². The molecule has 5 nitrogen and oxygen atoms in total. The highest BCUT2D eigenvalue weighted by Crippen LogP contribution is 2.32. The number of hydrogen-bond donors (Lipinski definition) is 3. The van der Waals surface area contributed by atoms with Crippen molar-refractivity contribution in [3.05, 3.63) is 0 Å². The second-order valence-electron chi connectivity index (χ2n) is 5.93. The van der Waals surface area contributed by atoms with Crippen molar-refractivity contribution in [2.24, 2.45) is 5.92 Å². The van der Waals surface area contributed by atoms with E-state index in [1.807, 2.05) is 6.92 Å². The highest BCUT2D eigenvalue weighted by atomic mass is 16.4. The quantitative estimate of drug-likeness (QED) is 0.678. The first-order valence-electron chi connectivity index (χ1n) is 7.36. The fourth-order valence-electron chi connectivity index (χ4n) is 3.40. The average molecular weight is 268 g/mol. The van der Waals surface area contributed by atoms with Crippen LogP contribution in [0.1, 0.15) is 51.9 Å². The van der Waals surface area contributed by atoms with Gasteiger partial charge in [-0.1, -0.05) is 13.3 Å². The van der Waals surface area contributed by atoms with Gasteiger partial charge in [0.2, 0.25) is 5.91 Å². The van der Waals surface area contributed by atoms with E-state index in [1.165, 1.54) is 12.8 Å². The Morgan fingerprint density at radius 2 is 1.95 bits per heavy atom. The maximum Gasteiger partial charge on any atom is 0.326 e. The van der Waals surface area contributed by atoms with Gasteiger partial charge in [-0.3, -0.25) is 4.79 Å². The van der Waals surface area contributed by atoms with Crippen LogP contribution in [0.4, 0.5) is 0 Å². The number of rotatable bonds is 6. The molecule has 0 aliphatic carbocycles. The number of carbonyl (C=O) groups is 2. The lowest BCUT2D eigenvalue weighted by molar-refractivity contribution is -0.142. The smallest absolute Gasteiger partial charge is 0.326 e. The average Bonchev–Trinajstić information content (AvgIpc) is 2.68. The lowest BCUT2D eigenvalue weighted by Crippen LogP contribution is -2.43. The van der Waals surface area contributed by atoms with Gasteiger partial charge in [-0.05, 0) is 38.0 Å². The summed E-state index contributed by atoms with van der Waals surface area (Å²) in [6, 6.07) is 0.417. The Morgan fingerprint density at radius 3 is 2.47 bits per heavy atom. The van der Waals surface area contributed by atoms with Crippen molar-refractivity contribution in [2.45, 2.75) is 70.0 Å². The van der Waals surface area contributed by atoms with Crippen molar-refractivity contribution >= 4 is 11.9 Å². The van der Waals surface area contributed by atoms with Crippen LogP contribution in [0, 0.1) is 5.92 Å². The zero-order chi connectivity index (χ0) is 13.8. The van der Waals surface area contributed by atoms with Crippen LogP contribution < -0.4 is 10.6 Å². The Morgan fingerprint density at radius 1 is 1.32 bits per heavy atom. The van der Waals surface area contributed by atoms with E-state index >= 15 is 0 Å². The van der Waals surface area contributed by atoms with Gasteiger partial charge in [0.15, 0.2) is 0 Å². The molecule has 3 unspecified atom stereocenters. The van der Waals surface area contributed by atoms with E-state index in [0.29, 0.717) is 30.8 Å². The minimum Gasteiger partial charge on any atom is -0.480 e. The molecule has 1 amide bonds. The molecule has 2 fully saturated rings. The molecule has 0 aromatic rings. The number of aliphatic carboxylic acids is 1. The van der Waals surface area contributed by atoms with Gasteiger partial charge in [0.1, 0.15) is 6.04 Å². The van der Waals surface area contributed by atoms with Crippen molar-refractivity contribution in [3.63, 3.8) is 0 Å². The lowest BCUT2D eigenvalue weighted by atomic mass is 9.89. The van der Waals surface area contributed by atoms with Crippen molar-refractivity contribution in [1.29, 1.82) is 0 Å². The number of piperidine rings is 1. The summed E-state index contributed by atoms with van der Waals surface area (Å²) in [5, 5.41) is 15.2. The molecule has 3 atom stereocenters. The van der Waals surface area contributed by atoms with Crippen LogP contribution in [0.5, 0.6) is 0 Å². The first-order valence-corrected chi connectivity index (χ1v) is 7.36. The van der Waals surface area contributed by atoms with Crippen LogP contribution in [-0.4, -0.2) is 35.1 Å². The van der Waals surface area contributed by atoms with Gasteiger partial charge in [0.25, 0.3) is 0 Å². The van der Waals surface area contributed by atoms with Crippen LogP contribution >= 0.6 is 0 Å². The summed E-state index contributed by atoms with van der Waals surface area (Å²) >= 11 is 0. The number of hydrogen-bond acceptors (Lipinski definition) is 3. The molecule has 2 heterocycles. The lowest BCUT2D eigenvalue weighted by Gasteiger charge is -2.29. The minimum absolute atomic E-state index is 0.104. The Balaban J connectivity index is 1.78. The van der Waals surface area contributed by atoms with Crippen molar-refractivity contribution < 1.29 is 14.7 Å². The van der Waals surface area contributed by atoms with Crippen molar-refractivity contribution in [3.8, 4) is 0 Å². The molecular weight excluding hydrogens is 244 g/mol. The monoisotopic (exact) mass is 268 g/mol. The fraction of sp³-hybridized carbons (Fsp3) is 0.857. The molecule has 2 bridgehead atoms. The summed E-state index contributed by atoms with van der Waals surface area (Å²) in [6.45, 7) is 1.92. The molecule has 0 aromatic heterocycles. The standard InChI is InChI=1S/C14H24N2O3/c1-2-3-12(14(18)19)16-13(17)8-9-6-10-4-5-11(7-9)15-10/h9-12,15H,2-8H2,1H3,(H,16,17)(H,18,19). The summed E-state index contributed by atoms with van der Waals surface area (Å²) in [6.07, 6.45) is 6.27. The normalized spacial score (nSPS) is 30.9. The molecule has 0 spiro atoms. The van der Waals surface area contributed by atoms with Crippen LogP contribution in [0.15, 0.2) is 0 Å². The van der Waals surface area contributed by atoms with Crippen LogP contribution in [0.3, 0.4) is 0 Å². The van der Waals surface area contributed by atoms with Gasteiger partial charge in [0.05, 0.1) is 0 Å². The third-order valence-corrected chi connectivity index (χ3v) is 4.26. The SMILES string of the molecule is CCCC(NC(=O)CC1CC2CCC(C1)N2)C(=O)O. The number of amides is 1.